The first-order valence-corrected chi connectivity index (χ1v) is 21.7. The van der Waals surface area contributed by atoms with Crippen molar-refractivity contribution in [3.8, 4) is 11.5 Å². The fraction of sp³-hybridized carbons (Fsp3) is 0.308. The van der Waals surface area contributed by atoms with Crippen molar-refractivity contribution in [2.75, 3.05) is 13.2 Å². The molecule has 6 atom stereocenters. The lowest BCUT2D eigenvalue weighted by molar-refractivity contribution is -0.133. The molecule has 0 aromatic heterocycles. The first-order chi connectivity index (χ1) is 30.9. The van der Waals surface area contributed by atoms with E-state index >= 15 is 0 Å². The second-order valence-corrected chi connectivity index (χ2v) is 16.7. The molecule has 4 amide bonds. The molecule has 0 radical (unpaired) electrons. The molecule has 0 unspecified atom stereocenters. The van der Waals surface area contributed by atoms with E-state index in [1.807, 2.05) is 133 Å². The molecule has 0 fully saturated rings. The highest BCUT2D eigenvalue weighted by atomic mass is 16.5. The SMILES string of the molecule is CC(C)[C@H](NC(=O)COc1cccc2ccccc12)C(=O)N[C@@H](Cc1ccccc1)[C@@H](O)[C@H](O)[C@H](Cc1ccccc1)NC(=O)[C@@H](NC(=O)COc1cccc2ccccc12)C(C)C. The number of nitrogens with one attached hydrogen (secondary N) is 4. The van der Waals surface area contributed by atoms with Gasteiger partial charge in [-0.1, -0.05) is 161 Å². The number of carbonyl (C=O) groups is 4. The van der Waals surface area contributed by atoms with E-state index in [9.17, 15) is 29.4 Å². The van der Waals surface area contributed by atoms with Crippen LogP contribution in [0, 0.1) is 11.8 Å². The Balaban J connectivity index is 1.17. The molecule has 6 N–H and O–H groups in total. The molecule has 334 valence electrons. The molecule has 6 aromatic rings. The van der Waals surface area contributed by atoms with Gasteiger partial charge in [0.15, 0.2) is 13.2 Å². The van der Waals surface area contributed by atoms with Crippen LogP contribution < -0.4 is 30.7 Å². The zero-order chi connectivity index (χ0) is 45.6. The molecule has 12 heteroatoms. The Bertz CT molecular complexity index is 2300. The van der Waals surface area contributed by atoms with Crippen LogP contribution in [0.2, 0.25) is 0 Å². The highest BCUT2D eigenvalue weighted by Gasteiger charge is 2.37. The number of aliphatic hydroxyl groups excluding tert-OH is 2. The van der Waals surface area contributed by atoms with Gasteiger partial charge in [0.1, 0.15) is 35.8 Å². The normalized spacial score (nSPS) is 14.2. The number of amides is 4. The Morgan fingerprint density at radius 1 is 0.453 bits per heavy atom. The van der Waals surface area contributed by atoms with Gasteiger partial charge in [-0.05, 0) is 58.7 Å². The average molecular weight is 867 g/mol. The largest absolute Gasteiger partial charge is 0.483 e. The van der Waals surface area contributed by atoms with Crippen LogP contribution in [0.25, 0.3) is 21.5 Å². The Morgan fingerprint density at radius 3 is 1.17 bits per heavy atom. The van der Waals surface area contributed by atoms with E-state index in [-0.39, 0.29) is 37.9 Å². The molecule has 0 aliphatic rings. The fourth-order valence-corrected chi connectivity index (χ4v) is 7.70. The van der Waals surface area contributed by atoms with Crippen molar-refractivity contribution < 1.29 is 38.9 Å². The van der Waals surface area contributed by atoms with Gasteiger partial charge in [-0.15, -0.1) is 0 Å². The van der Waals surface area contributed by atoms with E-state index in [0.717, 1.165) is 32.7 Å². The predicted octanol–water partition coefficient (Wildman–Crippen LogP) is 5.91. The van der Waals surface area contributed by atoms with E-state index in [0.29, 0.717) is 11.5 Å². The second kappa shape index (κ2) is 22.5. The van der Waals surface area contributed by atoms with Crippen LogP contribution in [-0.2, 0) is 32.0 Å². The number of hydrogen-bond acceptors (Lipinski definition) is 8. The predicted molar refractivity (Wildman–Crippen MR) is 249 cm³/mol. The molecule has 64 heavy (non-hydrogen) atoms. The van der Waals surface area contributed by atoms with Gasteiger partial charge < -0.3 is 41.0 Å². The van der Waals surface area contributed by atoms with E-state index in [1.165, 1.54) is 0 Å². The van der Waals surface area contributed by atoms with Crippen LogP contribution in [0.15, 0.2) is 146 Å². The molecule has 0 saturated carbocycles. The van der Waals surface area contributed by atoms with Crippen LogP contribution in [0.3, 0.4) is 0 Å². The standard InChI is InChI=1S/C52H58N4O8/c1-33(2)47(55-45(57)31-63-43-27-15-23-37-21-11-13-25-39(37)43)51(61)53-41(29-35-17-7-5-8-18-35)49(59)50(60)42(30-36-19-9-6-10-20-36)54-52(62)48(34(3)4)56-46(58)32-64-44-28-16-24-38-22-12-14-26-40(38)44/h5-28,33-34,41-42,47-50,59-60H,29-32H2,1-4H3,(H,53,61)(H,54,62)(H,55,57)(H,56,58)/t41-,42-,47-,48-,49+,50+/m0/s1. The molecular formula is C52H58N4O8. The minimum absolute atomic E-state index is 0.112. The van der Waals surface area contributed by atoms with Crippen LogP contribution in [0.4, 0.5) is 0 Å². The van der Waals surface area contributed by atoms with E-state index < -0.39 is 60.0 Å². The molecule has 0 aliphatic heterocycles. The topological polar surface area (TPSA) is 175 Å². The van der Waals surface area contributed by atoms with Crippen molar-refractivity contribution in [3.63, 3.8) is 0 Å². The molecule has 0 bridgehead atoms. The van der Waals surface area contributed by atoms with Crippen LogP contribution in [0.1, 0.15) is 38.8 Å². The average Bonchev–Trinajstić information content (AvgIpc) is 3.30. The summed E-state index contributed by atoms with van der Waals surface area (Å²) in [6, 6.07) is 40.6. The Kier molecular flexibility index (Phi) is 16.5. The summed E-state index contributed by atoms with van der Waals surface area (Å²) in [5.41, 5.74) is 1.54. The molecule has 0 saturated heterocycles. The smallest absolute Gasteiger partial charge is 0.258 e. The Morgan fingerprint density at radius 2 is 0.797 bits per heavy atom. The number of rotatable bonds is 21. The van der Waals surface area contributed by atoms with Gasteiger partial charge in [-0.3, -0.25) is 19.2 Å². The number of benzene rings is 6. The first kappa shape index (κ1) is 46.7. The van der Waals surface area contributed by atoms with E-state index in [2.05, 4.69) is 21.3 Å². The minimum atomic E-state index is -1.61. The van der Waals surface area contributed by atoms with Gasteiger partial charge in [-0.2, -0.15) is 0 Å². The molecular weight excluding hydrogens is 809 g/mol. The third-order valence-electron chi connectivity index (χ3n) is 11.2. The quantitative estimate of drug-likeness (QED) is 0.0518. The third-order valence-corrected chi connectivity index (χ3v) is 11.2. The zero-order valence-electron chi connectivity index (χ0n) is 36.6. The molecule has 0 heterocycles. The third kappa shape index (κ3) is 12.7. The lowest BCUT2D eigenvalue weighted by Gasteiger charge is -2.35. The van der Waals surface area contributed by atoms with Gasteiger partial charge in [0, 0.05) is 10.8 Å². The maximum atomic E-state index is 14.1. The summed E-state index contributed by atoms with van der Waals surface area (Å²) in [5.74, 6) is -1.85. The minimum Gasteiger partial charge on any atom is -0.483 e. The highest BCUT2D eigenvalue weighted by molar-refractivity contribution is 5.92. The summed E-state index contributed by atoms with van der Waals surface area (Å²) in [4.78, 5) is 54.9. The number of hydrogen-bond donors (Lipinski definition) is 6. The van der Waals surface area contributed by atoms with Gasteiger partial charge >= 0.3 is 0 Å². The maximum absolute atomic E-state index is 14.1. The summed E-state index contributed by atoms with van der Waals surface area (Å²) in [6.07, 6.45) is -3.00. The molecule has 6 aromatic carbocycles. The number of aliphatic hydroxyl groups is 2. The zero-order valence-corrected chi connectivity index (χ0v) is 36.6. The maximum Gasteiger partial charge on any atom is 0.258 e. The summed E-state index contributed by atoms with van der Waals surface area (Å²) in [5, 5.41) is 39.2. The fourth-order valence-electron chi connectivity index (χ4n) is 7.70. The van der Waals surface area contributed by atoms with Crippen molar-refractivity contribution in [2.45, 2.75) is 76.9 Å². The lowest BCUT2D eigenvalue weighted by Crippen LogP contribution is -2.61. The molecule has 6 rings (SSSR count). The van der Waals surface area contributed by atoms with Gasteiger partial charge in [0.2, 0.25) is 11.8 Å². The van der Waals surface area contributed by atoms with Gasteiger partial charge in [0.05, 0.1) is 12.1 Å². The Hall–Kier alpha value is -6.76. The van der Waals surface area contributed by atoms with E-state index in [4.69, 9.17) is 9.47 Å². The van der Waals surface area contributed by atoms with Crippen LogP contribution in [0.5, 0.6) is 11.5 Å². The van der Waals surface area contributed by atoms with E-state index in [1.54, 1.807) is 39.8 Å². The number of fused-ring (bicyclic) bond motifs is 2. The summed E-state index contributed by atoms with van der Waals surface area (Å²) in [6.45, 7) is 6.49. The van der Waals surface area contributed by atoms with Crippen LogP contribution >= 0.6 is 0 Å². The lowest BCUT2D eigenvalue weighted by atomic mass is 9.90. The molecule has 12 nitrogen and oxygen atoms in total. The van der Waals surface area contributed by atoms with Crippen molar-refractivity contribution in [1.29, 1.82) is 0 Å². The van der Waals surface area contributed by atoms with Crippen molar-refractivity contribution >= 4 is 45.2 Å². The van der Waals surface area contributed by atoms with Crippen molar-refractivity contribution in [1.82, 2.24) is 21.3 Å². The summed E-state index contributed by atoms with van der Waals surface area (Å²) >= 11 is 0. The second-order valence-electron chi connectivity index (χ2n) is 16.7. The van der Waals surface area contributed by atoms with Gasteiger partial charge in [-0.25, -0.2) is 0 Å². The van der Waals surface area contributed by atoms with Crippen molar-refractivity contribution in [2.24, 2.45) is 11.8 Å². The highest BCUT2D eigenvalue weighted by Crippen LogP contribution is 2.26. The number of carbonyl (C=O) groups excluding carboxylic acids is 4. The van der Waals surface area contributed by atoms with Gasteiger partial charge in [0.25, 0.3) is 11.8 Å². The first-order valence-electron chi connectivity index (χ1n) is 21.7. The van der Waals surface area contributed by atoms with Crippen LogP contribution in [-0.4, -0.2) is 83.4 Å². The van der Waals surface area contributed by atoms with Crippen molar-refractivity contribution in [3.05, 3.63) is 157 Å². The summed E-state index contributed by atoms with van der Waals surface area (Å²) in [7, 11) is 0. The number of ether oxygens (including phenoxy) is 2. The molecule has 0 aliphatic carbocycles. The monoisotopic (exact) mass is 866 g/mol. The molecule has 0 spiro atoms. The summed E-state index contributed by atoms with van der Waals surface area (Å²) < 4.78 is 11.8. The Labute approximate surface area is 374 Å².